The van der Waals surface area contributed by atoms with Gasteiger partial charge in [-0.1, -0.05) is 32.8 Å². The molecule has 0 aromatic rings. The van der Waals surface area contributed by atoms with Crippen LogP contribution in [0.1, 0.15) is 98.3 Å². The van der Waals surface area contributed by atoms with Gasteiger partial charge in [0.1, 0.15) is 0 Å². The molecule has 0 saturated carbocycles. The monoisotopic (exact) mass is 474 g/mol. The number of allylic oxidation sites excluding steroid dienone is 2. The highest BCUT2D eigenvalue weighted by atomic mass is 32.2. The smallest absolute Gasteiger partial charge is 0.309 e. The molecule has 31 heavy (non-hydrogen) atoms. The maximum absolute atomic E-state index is 12.9. The van der Waals surface area contributed by atoms with E-state index in [-0.39, 0.29) is 27.8 Å². The number of carbonyl (C=O) groups is 1. The summed E-state index contributed by atoms with van der Waals surface area (Å²) >= 11 is 0. The van der Waals surface area contributed by atoms with E-state index in [1.54, 1.807) is 13.8 Å². The molecule has 2 aliphatic rings. The second-order valence-electron chi connectivity index (χ2n) is 10.8. The van der Waals surface area contributed by atoms with Crippen molar-refractivity contribution in [3.63, 3.8) is 0 Å². The molecule has 0 aliphatic carbocycles. The lowest BCUT2D eigenvalue weighted by atomic mass is 9.87. The van der Waals surface area contributed by atoms with Crippen molar-refractivity contribution in [3.05, 3.63) is 11.0 Å². The summed E-state index contributed by atoms with van der Waals surface area (Å²) in [6, 6.07) is 0. The first kappa shape index (κ1) is 26.7. The minimum Gasteiger partial charge on any atom is -0.481 e. The molecule has 5 unspecified atom stereocenters. The molecule has 5 atom stereocenters. The number of aliphatic hydroxyl groups excluding tert-OH is 1. The van der Waals surface area contributed by atoms with Crippen LogP contribution in [0.4, 0.5) is 0 Å². The topological polar surface area (TPSA) is 91.7 Å². The van der Waals surface area contributed by atoms with Crippen LogP contribution in [0.25, 0.3) is 0 Å². The van der Waals surface area contributed by atoms with Gasteiger partial charge in [0, 0.05) is 38.1 Å². The van der Waals surface area contributed by atoms with Gasteiger partial charge in [-0.25, -0.2) is 0 Å². The average Bonchev–Trinajstić information content (AvgIpc) is 3.23. The first-order valence-electron chi connectivity index (χ1n) is 11.8. The lowest BCUT2D eigenvalue weighted by molar-refractivity contribution is -0.147. The zero-order chi connectivity index (χ0) is 23.2. The van der Waals surface area contributed by atoms with Gasteiger partial charge in [-0.2, -0.15) is 0 Å². The molecule has 2 heterocycles. The lowest BCUT2D eigenvalue weighted by Crippen LogP contribution is -2.24. The van der Waals surface area contributed by atoms with Gasteiger partial charge in [0.25, 0.3) is 0 Å². The molecule has 7 heteroatoms. The van der Waals surface area contributed by atoms with Crippen molar-refractivity contribution in [2.75, 3.05) is 6.61 Å². The molecule has 2 aliphatic heterocycles. The van der Waals surface area contributed by atoms with Crippen LogP contribution < -0.4 is 0 Å². The third-order valence-electron chi connectivity index (χ3n) is 7.06. The van der Waals surface area contributed by atoms with Gasteiger partial charge in [-0.3, -0.25) is 13.2 Å². The van der Waals surface area contributed by atoms with Crippen LogP contribution in [-0.4, -0.2) is 47.0 Å². The van der Waals surface area contributed by atoms with Crippen molar-refractivity contribution in [2.45, 2.75) is 114 Å². The Hall–Kier alpha value is -0.530. The molecule has 0 bridgehead atoms. The minimum atomic E-state index is -0.982. The second-order valence-corrected chi connectivity index (χ2v) is 14.6. The van der Waals surface area contributed by atoms with Gasteiger partial charge >= 0.3 is 5.97 Å². The van der Waals surface area contributed by atoms with Crippen LogP contribution in [0.3, 0.4) is 0 Å². The van der Waals surface area contributed by atoms with Crippen LogP contribution in [0.5, 0.6) is 0 Å². The minimum absolute atomic E-state index is 0.0571. The molecule has 0 radical (unpaired) electrons. The van der Waals surface area contributed by atoms with E-state index in [0.29, 0.717) is 6.42 Å². The molecule has 0 aromatic heterocycles. The molecule has 0 aromatic carbocycles. The molecule has 1 fully saturated rings. The number of carboxylic acids is 1. The van der Waals surface area contributed by atoms with E-state index in [9.17, 15) is 23.4 Å². The normalized spacial score (nSPS) is 29.3. The summed E-state index contributed by atoms with van der Waals surface area (Å²) in [7, 11) is -1.79. The van der Waals surface area contributed by atoms with Crippen LogP contribution in [0, 0.1) is 10.8 Å². The summed E-state index contributed by atoms with van der Waals surface area (Å²) in [5.74, 6) is -0.779. The number of carboxylic acid groups (broad SMARTS) is 1. The van der Waals surface area contributed by atoms with E-state index in [1.165, 1.54) is 0 Å². The van der Waals surface area contributed by atoms with Crippen molar-refractivity contribution < 1.29 is 23.4 Å². The molecule has 1 saturated heterocycles. The summed E-state index contributed by atoms with van der Waals surface area (Å²) in [5, 5.41) is 19.2. The Labute approximate surface area is 193 Å². The number of hydrogen-bond donors (Lipinski definition) is 2. The Morgan fingerprint density at radius 3 is 2.19 bits per heavy atom. The van der Waals surface area contributed by atoms with Crippen molar-refractivity contribution in [2.24, 2.45) is 10.8 Å². The first-order valence-corrected chi connectivity index (χ1v) is 14.3. The van der Waals surface area contributed by atoms with Crippen LogP contribution in [0.15, 0.2) is 11.0 Å². The van der Waals surface area contributed by atoms with Crippen molar-refractivity contribution in [1.82, 2.24) is 0 Å². The lowest BCUT2D eigenvalue weighted by Gasteiger charge is -2.22. The van der Waals surface area contributed by atoms with Crippen LogP contribution in [-0.2, 0) is 26.4 Å². The summed E-state index contributed by atoms with van der Waals surface area (Å²) in [6.45, 7) is 7.81. The number of aliphatic carboxylic acids is 1. The van der Waals surface area contributed by atoms with Gasteiger partial charge in [-0.15, -0.1) is 0 Å². The zero-order valence-corrected chi connectivity index (χ0v) is 21.4. The highest BCUT2D eigenvalue weighted by Gasteiger charge is 2.34. The van der Waals surface area contributed by atoms with Gasteiger partial charge in [0.2, 0.25) is 0 Å². The van der Waals surface area contributed by atoms with E-state index < -0.39 is 33.0 Å². The van der Waals surface area contributed by atoms with E-state index in [2.05, 4.69) is 19.9 Å². The van der Waals surface area contributed by atoms with Crippen LogP contribution >= 0.6 is 0 Å². The number of rotatable bonds is 13. The maximum atomic E-state index is 12.9. The maximum Gasteiger partial charge on any atom is 0.309 e. The van der Waals surface area contributed by atoms with E-state index >= 15 is 0 Å². The predicted molar refractivity (Wildman–Crippen MR) is 129 cm³/mol. The fourth-order valence-corrected chi connectivity index (χ4v) is 8.23. The Morgan fingerprint density at radius 2 is 1.58 bits per heavy atom. The van der Waals surface area contributed by atoms with Crippen molar-refractivity contribution >= 4 is 27.6 Å². The van der Waals surface area contributed by atoms with E-state index in [0.717, 1.165) is 69.1 Å². The largest absolute Gasteiger partial charge is 0.481 e. The Kier molecular flexibility index (Phi) is 9.96. The molecule has 0 spiro atoms. The van der Waals surface area contributed by atoms with Crippen molar-refractivity contribution in [1.29, 1.82) is 0 Å². The highest BCUT2D eigenvalue weighted by Crippen LogP contribution is 2.35. The van der Waals surface area contributed by atoms with Gasteiger partial charge in [0.15, 0.2) is 0 Å². The van der Waals surface area contributed by atoms with Gasteiger partial charge in [-0.05, 0) is 77.0 Å². The molecular formula is C24H42O5S2. The molecule has 0 amide bonds. The number of hydrogen-bond acceptors (Lipinski definition) is 4. The SMILES string of the molecule is CC(C)(CO)CCCC1CCC(CCC2=CCC(CCCC(C)(C)C(=O)O)S2=O)S1=O. The highest BCUT2D eigenvalue weighted by molar-refractivity contribution is 7.89. The summed E-state index contributed by atoms with van der Waals surface area (Å²) in [6.07, 6.45) is 11.6. The fourth-order valence-electron chi connectivity index (χ4n) is 4.54. The van der Waals surface area contributed by atoms with Gasteiger partial charge < -0.3 is 10.2 Å². The average molecular weight is 475 g/mol. The predicted octanol–water partition coefficient (Wildman–Crippen LogP) is 4.92. The van der Waals surface area contributed by atoms with Crippen LogP contribution in [0.2, 0.25) is 0 Å². The third-order valence-corrected chi connectivity index (χ3v) is 11.2. The number of aliphatic hydroxyl groups is 1. The first-order chi connectivity index (χ1) is 14.5. The van der Waals surface area contributed by atoms with Gasteiger partial charge in [0.05, 0.1) is 16.2 Å². The van der Waals surface area contributed by atoms with E-state index in [1.807, 2.05) is 0 Å². The quantitative estimate of drug-likeness (QED) is 0.395. The molecular weight excluding hydrogens is 432 g/mol. The standard InChI is InChI=1S/C24H42O5S2/c1-23(2,17-25)15-5-7-18-9-11-20(30(18)28)13-14-21-12-10-19(31(21)29)8-6-16-24(3,4)22(26)27/h12,18-20,25H,5-11,13-17H2,1-4H3,(H,26,27). The Bertz CT molecular complexity index is 698. The van der Waals surface area contributed by atoms with E-state index in [4.69, 9.17) is 0 Å². The second kappa shape index (κ2) is 11.6. The molecule has 5 nitrogen and oxygen atoms in total. The molecule has 2 N–H and O–H groups in total. The Morgan fingerprint density at radius 1 is 1.00 bits per heavy atom. The molecule has 180 valence electrons. The van der Waals surface area contributed by atoms with Crippen molar-refractivity contribution in [3.8, 4) is 0 Å². The Balaban J connectivity index is 1.71. The summed E-state index contributed by atoms with van der Waals surface area (Å²) in [4.78, 5) is 12.2. The molecule has 2 rings (SSSR count). The zero-order valence-electron chi connectivity index (χ0n) is 19.7. The third kappa shape index (κ3) is 7.78. The summed E-state index contributed by atoms with van der Waals surface area (Å²) < 4.78 is 25.7. The summed E-state index contributed by atoms with van der Waals surface area (Å²) in [5.41, 5.74) is -0.786. The fraction of sp³-hybridized carbons (Fsp3) is 0.875.